The van der Waals surface area contributed by atoms with Gasteiger partial charge < -0.3 is 24.1 Å². The highest BCUT2D eigenvalue weighted by Gasteiger charge is 2.19. The number of hydrogen-bond donors (Lipinski definition) is 1. The molecule has 1 fully saturated rings. The molecule has 1 aliphatic rings. The largest absolute Gasteiger partial charge is 0.502 e. The van der Waals surface area contributed by atoms with Crippen LogP contribution in [0.4, 0.5) is 11.4 Å². The Kier molecular flexibility index (Phi) is 6.23. The summed E-state index contributed by atoms with van der Waals surface area (Å²) in [5, 5.41) is 11.0. The summed E-state index contributed by atoms with van der Waals surface area (Å²) < 4.78 is 11.4. The van der Waals surface area contributed by atoms with Crippen LogP contribution < -0.4 is 15.2 Å². The van der Waals surface area contributed by atoms with Gasteiger partial charge in [-0.25, -0.2) is 0 Å². The Morgan fingerprint density at radius 3 is 2.18 bits per heavy atom. The monoisotopic (exact) mass is 456 g/mol. The van der Waals surface area contributed by atoms with Gasteiger partial charge in [-0.3, -0.25) is 4.79 Å². The summed E-state index contributed by atoms with van der Waals surface area (Å²) in [6.45, 7) is 6.69. The lowest BCUT2D eigenvalue weighted by atomic mass is 10.1. The molecular weight excluding hydrogens is 428 g/mol. The number of aromatic hydroxyl groups is 1. The number of hydrogen-bond acceptors (Lipinski definition) is 6. The van der Waals surface area contributed by atoms with Crippen LogP contribution in [0, 0.1) is 0 Å². The maximum Gasteiger partial charge on any atom is 0.235 e. The van der Waals surface area contributed by atoms with Gasteiger partial charge in [0.2, 0.25) is 11.2 Å². The van der Waals surface area contributed by atoms with Gasteiger partial charge in [0.1, 0.15) is 5.58 Å². The average molecular weight is 457 g/mol. The predicted octanol–water partition coefficient (Wildman–Crippen LogP) is 5.03. The third-order valence-corrected chi connectivity index (χ3v) is 6.30. The van der Waals surface area contributed by atoms with Crippen molar-refractivity contribution in [2.45, 2.75) is 13.5 Å². The van der Waals surface area contributed by atoms with E-state index < -0.39 is 5.43 Å². The van der Waals surface area contributed by atoms with E-state index >= 15 is 0 Å². The molecule has 1 saturated heterocycles. The lowest BCUT2D eigenvalue weighted by Gasteiger charge is -2.37. The molecule has 3 aromatic carbocycles. The van der Waals surface area contributed by atoms with E-state index in [0.717, 1.165) is 37.4 Å². The fourth-order valence-electron chi connectivity index (χ4n) is 4.42. The Morgan fingerprint density at radius 2 is 1.53 bits per heavy atom. The lowest BCUT2D eigenvalue weighted by Crippen LogP contribution is -2.46. The van der Waals surface area contributed by atoms with Crippen LogP contribution >= 0.6 is 0 Å². The van der Waals surface area contributed by atoms with Gasteiger partial charge in [-0.05, 0) is 61.0 Å². The molecule has 0 aliphatic carbocycles. The van der Waals surface area contributed by atoms with Crippen molar-refractivity contribution in [1.29, 1.82) is 0 Å². The van der Waals surface area contributed by atoms with E-state index in [1.165, 1.54) is 5.69 Å². The van der Waals surface area contributed by atoms with Crippen molar-refractivity contribution >= 4 is 22.3 Å². The van der Waals surface area contributed by atoms with Crippen LogP contribution in [0.15, 0.2) is 82.0 Å². The van der Waals surface area contributed by atoms with Crippen molar-refractivity contribution < 1.29 is 14.3 Å². The number of para-hydroxylation sites is 1. The number of benzene rings is 3. The summed E-state index contributed by atoms with van der Waals surface area (Å²) in [7, 11) is 0. The van der Waals surface area contributed by atoms with E-state index in [2.05, 4.69) is 34.1 Å². The van der Waals surface area contributed by atoms with Crippen LogP contribution in [0.5, 0.6) is 5.75 Å². The molecule has 0 unspecified atom stereocenters. The second-order valence-electron chi connectivity index (χ2n) is 8.43. The Hall–Kier alpha value is -3.77. The van der Waals surface area contributed by atoms with E-state index in [4.69, 9.17) is 9.15 Å². The molecule has 5 rings (SSSR count). The quantitative estimate of drug-likeness (QED) is 0.439. The number of ether oxygens (including phenoxy) is 1. The molecule has 0 atom stereocenters. The first kappa shape index (κ1) is 22.0. The van der Waals surface area contributed by atoms with Crippen molar-refractivity contribution in [1.82, 2.24) is 0 Å². The third-order valence-electron chi connectivity index (χ3n) is 6.30. The van der Waals surface area contributed by atoms with Crippen LogP contribution in [-0.4, -0.2) is 37.9 Å². The Morgan fingerprint density at radius 1 is 0.882 bits per heavy atom. The minimum absolute atomic E-state index is 0.190. The van der Waals surface area contributed by atoms with Crippen molar-refractivity contribution in [3.63, 3.8) is 0 Å². The first-order valence-corrected chi connectivity index (χ1v) is 11.7. The summed E-state index contributed by atoms with van der Waals surface area (Å²) in [5.41, 5.74) is 3.91. The molecule has 1 aromatic heterocycles. The van der Waals surface area contributed by atoms with E-state index in [1.54, 1.807) is 12.1 Å². The Balaban J connectivity index is 1.34. The van der Waals surface area contributed by atoms with E-state index in [1.807, 2.05) is 43.3 Å². The fourth-order valence-corrected chi connectivity index (χ4v) is 4.42. The fraction of sp³-hybridized carbons (Fsp3) is 0.250. The predicted molar refractivity (Wildman–Crippen MR) is 136 cm³/mol. The number of piperazine rings is 1. The summed E-state index contributed by atoms with van der Waals surface area (Å²) in [6.07, 6.45) is 0. The summed E-state index contributed by atoms with van der Waals surface area (Å²) in [4.78, 5) is 17.6. The number of fused-ring (bicyclic) bond motifs is 1. The maximum absolute atomic E-state index is 12.8. The van der Waals surface area contributed by atoms with E-state index in [-0.39, 0.29) is 11.5 Å². The van der Waals surface area contributed by atoms with Gasteiger partial charge in [0, 0.05) is 49.7 Å². The van der Waals surface area contributed by atoms with Gasteiger partial charge in [-0.2, -0.15) is 0 Å². The molecule has 4 aromatic rings. The molecule has 0 spiro atoms. The normalized spacial score (nSPS) is 14.0. The highest BCUT2D eigenvalue weighted by atomic mass is 16.5. The molecule has 2 heterocycles. The molecule has 34 heavy (non-hydrogen) atoms. The zero-order chi connectivity index (χ0) is 23.5. The van der Waals surface area contributed by atoms with Crippen LogP contribution in [0.25, 0.3) is 22.3 Å². The lowest BCUT2D eigenvalue weighted by molar-refractivity contribution is 0.134. The number of anilines is 2. The SMILES string of the molecule is CCOCc1ccc2oc(-c3ccc(N4CCN(c5ccccc5)CC4)cc3)c(O)c(=O)c2c1. The standard InChI is InChI=1S/C28H28N2O4/c1-2-33-19-20-8-13-25-24(18-20)26(31)27(32)28(34-25)21-9-11-23(12-10-21)30-16-14-29(15-17-30)22-6-4-3-5-7-22/h3-13,18,32H,2,14-17,19H2,1H3. The molecule has 174 valence electrons. The van der Waals surface area contributed by atoms with Crippen LogP contribution in [0.3, 0.4) is 0 Å². The van der Waals surface area contributed by atoms with Crippen molar-refractivity contribution in [2.75, 3.05) is 42.6 Å². The topological polar surface area (TPSA) is 66.2 Å². The van der Waals surface area contributed by atoms with Crippen LogP contribution in [0.1, 0.15) is 12.5 Å². The zero-order valence-electron chi connectivity index (χ0n) is 19.2. The molecule has 6 nitrogen and oxygen atoms in total. The molecule has 0 bridgehead atoms. The third kappa shape index (κ3) is 4.37. The molecule has 1 N–H and O–H groups in total. The Labute approximate surface area is 198 Å². The molecule has 6 heteroatoms. The molecule has 0 amide bonds. The van der Waals surface area contributed by atoms with Crippen molar-refractivity contribution in [2.24, 2.45) is 0 Å². The summed E-state index contributed by atoms with van der Waals surface area (Å²) >= 11 is 0. The number of nitrogens with zero attached hydrogens (tertiary/aromatic N) is 2. The molecular formula is C28H28N2O4. The van der Waals surface area contributed by atoms with Crippen molar-refractivity contribution in [3.8, 4) is 17.1 Å². The highest BCUT2D eigenvalue weighted by molar-refractivity contribution is 5.82. The van der Waals surface area contributed by atoms with Gasteiger partial charge in [-0.15, -0.1) is 0 Å². The Bertz CT molecular complexity index is 1320. The first-order chi connectivity index (χ1) is 16.6. The summed E-state index contributed by atoms with van der Waals surface area (Å²) in [5.74, 6) is -0.180. The highest BCUT2D eigenvalue weighted by Crippen LogP contribution is 2.32. The van der Waals surface area contributed by atoms with Gasteiger partial charge in [0.25, 0.3) is 0 Å². The van der Waals surface area contributed by atoms with Gasteiger partial charge in [0.15, 0.2) is 5.76 Å². The first-order valence-electron chi connectivity index (χ1n) is 11.7. The van der Waals surface area contributed by atoms with Crippen LogP contribution in [-0.2, 0) is 11.3 Å². The zero-order valence-corrected chi connectivity index (χ0v) is 19.2. The van der Waals surface area contributed by atoms with Gasteiger partial charge in [0.05, 0.1) is 12.0 Å². The molecule has 0 saturated carbocycles. The number of rotatable bonds is 6. The maximum atomic E-state index is 12.8. The average Bonchev–Trinajstić information content (AvgIpc) is 2.90. The second kappa shape index (κ2) is 9.61. The molecule has 0 radical (unpaired) electrons. The second-order valence-corrected chi connectivity index (χ2v) is 8.43. The minimum Gasteiger partial charge on any atom is -0.502 e. The van der Waals surface area contributed by atoms with E-state index in [9.17, 15) is 9.90 Å². The van der Waals surface area contributed by atoms with E-state index in [0.29, 0.717) is 29.7 Å². The smallest absolute Gasteiger partial charge is 0.235 e. The van der Waals surface area contributed by atoms with Crippen LogP contribution in [0.2, 0.25) is 0 Å². The van der Waals surface area contributed by atoms with Gasteiger partial charge in [-0.1, -0.05) is 24.3 Å². The summed E-state index contributed by atoms with van der Waals surface area (Å²) in [6, 6.07) is 23.6. The molecule has 1 aliphatic heterocycles. The van der Waals surface area contributed by atoms with Crippen molar-refractivity contribution in [3.05, 3.63) is 88.6 Å². The minimum atomic E-state index is -0.435. The van der Waals surface area contributed by atoms with Gasteiger partial charge >= 0.3 is 0 Å².